The zero-order valence-electron chi connectivity index (χ0n) is 14.2. The summed E-state index contributed by atoms with van der Waals surface area (Å²) >= 11 is 0. The third-order valence-electron chi connectivity index (χ3n) is 4.48. The van der Waals surface area contributed by atoms with E-state index < -0.39 is 5.54 Å². The normalized spacial score (nSPS) is 25.2. The number of carbonyl (C=O) groups excluding carboxylic acids is 2. The molecule has 1 atom stereocenters. The van der Waals surface area contributed by atoms with Crippen molar-refractivity contribution in [2.24, 2.45) is 4.99 Å². The van der Waals surface area contributed by atoms with Crippen LogP contribution in [-0.4, -0.2) is 54.5 Å². The number of nitrogens with one attached hydrogen (secondary N) is 3. The van der Waals surface area contributed by atoms with Gasteiger partial charge in [-0.2, -0.15) is 0 Å². The summed E-state index contributed by atoms with van der Waals surface area (Å²) in [6.45, 7) is 4.73. The molecule has 3 N–H and O–H groups in total. The van der Waals surface area contributed by atoms with Gasteiger partial charge in [0.15, 0.2) is 5.96 Å². The van der Waals surface area contributed by atoms with E-state index in [9.17, 15) is 9.59 Å². The lowest BCUT2D eigenvalue weighted by molar-refractivity contribution is -0.130. The minimum absolute atomic E-state index is 0.135. The quantitative estimate of drug-likeness (QED) is 0.224. The molecule has 0 aromatic carbocycles. The third kappa shape index (κ3) is 4.03. The predicted octanol–water partition coefficient (Wildman–Crippen LogP) is 0.981. The van der Waals surface area contributed by atoms with E-state index in [2.05, 4.69) is 33.1 Å². The van der Waals surface area contributed by atoms with Crippen LogP contribution in [0.2, 0.25) is 0 Å². The van der Waals surface area contributed by atoms with E-state index in [1.54, 1.807) is 14.0 Å². The SMILES string of the molecule is CCC1(C)NC(=O)N(CCCNC(=NC)NC2CC=CC2)C1=O. The van der Waals surface area contributed by atoms with E-state index >= 15 is 0 Å². The van der Waals surface area contributed by atoms with Crippen LogP contribution in [0.4, 0.5) is 4.79 Å². The Bertz CT molecular complexity index is 509. The largest absolute Gasteiger partial charge is 0.356 e. The topological polar surface area (TPSA) is 85.8 Å². The van der Waals surface area contributed by atoms with Gasteiger partial charge < -0.3 is 16.0 Å². The van der Waals surface area contributed by atoms with Gasteiger partial charge in [0.25, 0.3) is 5.91 Å². The number of nitrogens with zero attached hydrogens (tertiary/aromatic N) is 2. The molecule has 2 rings (SSSR count). The third-order valence-corrected chi connectivity index (χ3v) is 4.48. The van der Waals surface area contributed by atoms with E-state index in [0.717, 1.165) is 18.8 Å². The summed E-state index contributed by atoms with van der Waals surface area (Å²) in [6.07, 6.45) is 7.62. The predicted molar refractivity (Wildman–Crippen MR) is 90.2 cm³/mol. The Hall–Kier alpha value is -2.05. The monoisotopic (exact) mass is 321 g/mol. The van der Waals surface area contributed by atoms with Gasteiger partial charge in [0, 0.05) is 26.2 Å². The maximum absolute atomic E-state index is 12.3. The Morgan fingerprint density at radius 3 is 2.70 bits per heavy atom. The number of hydrogen-bond donors (Lipinski definition) is 3. The maximum atomic E-state index is 12.3. The summed E-state index contributed by atoms with van der Waals surface area (Å²) in [7, 11) is 1.74. The van der Waals surface area contributed by atoms with E-state index in [-0.39, 0.29) is 11.9 Å². The molecule has 0 radical (unpaired) electrons. The Morgan fingerprint density at radius 1 is 1.43 bits per heavy atom. The second-order valence-electron chi connectivity index (χ2n) is 6.21. The van der Waals surface area contributed by atoms with Crippen LogP contribution >= 0.6 is 0 Å². The summed E-state index contributed by atoms with van der Waals surface area (Å²) in [5.41, 5.74) is -0.752. The van der Waals surface area contributed by atoms with E-state index in [1.807, 2.05) is 6.92 Å². The molecule has 1 fully saturated rings. The molecule has 1 aliphatic carbocycles. The fourth-order valence-electron chi connectivity index (χ4n) is 2.76. The first-order chi connectivity index (χ1) is 11.0. The molecule has 1 aliphatic heterocycles. The van der Waals surface area contributed by atoms with Crippen LogP contribution in [0.3, 0.4) is 0 Å². The van der Waals surface area contributed by atoms with Crippen molar-refractivity contribution in [3.63, 3.8) is 0 Å². The van der Waals surface area contributed by atoms with Crippen molar-refractivity contribution in [3.8, 4) is 0 Å². The molecule has 0 aromatic heterocycles. The Kier molecular flexibility index (Phi) is 5.63. The van der Waals surface area contributed by atoms with Gasteiger partial charge in [-0.3, -0.25) is 14.7 Å². The molecule has 0 spiro atoms. The fraction of sp³-hybridized carbons (Fsp3) is 0.688. The number of urea groups is 1. The number of amides is 3. The van der Waals surface area contributed by atoms with Gasteiger partial charge in [0.05, 0.1) is 0 Å². The number of rotatable bonds is 6. The standard InChI is InChI=1S/C16H27N5O2/c1-4-16(2)13(22)21(15(23)20-16)11-7-10-18-14(17-3)19-12-8-5-6-9-12/h5-6,12H,4,7-11H2,1-3H3,(H,20,23)(H2,17,18,19). The fourth-order valence-corrected chi connectivity index (χ4v) is 2.76. The first-order valence-corrected chi connectivity index (χ1v) is 8.26. The number of guanidine groups is 1. The molecule has 1 saturated heterocycles. The van der Waals surface area contributed by atoms with E-state index in [1.165, 1.54) is 4.90 Å². The van der Waals surface area contributed by atoms with Gasteiger partial charge >= 0.3 is 6.03 Å². The van der Waals surface area contributed by atoms with Crippen LogP contribution in [0.1, 0.15) is 39.5 Å². The van der Waals surface area contributed by atoms with Crippen LogP contribution in [0.5, 0.6) is 0 Å². The first kappa shape index (κ1) is 17.3. The van der Waals surface area contributed by atoms with Crippen molar-refractivity contribution in [3.05, 3.63) is 12.2 Å². The summed E-state index contributed by atoms with van der Waals surface area (Å²) in [5, 5.41) is 9.34. The zero-order valence-corrected chi connectivity index (χ0v) is 14.2. The lowest BCUT2D eigenvalue weighted by atomic mass is 9.99. The first-order valence-electron chi connectivity index (χ1n) is 8.26. The highest BCUT2D eigenvalue weighted by atomic mass is 16.2. The molecular weight excluding hydrogens is 294 g/mol. The van der Waals surface area contributed by atoms with Crippen molar-refractivity contribution < 1.29 is 9.59 Å². The van der Waals surface area contributed by atoms with Crippen LogP contribution in [0, 0.1) is 0 Å². The number of hydrogen-bond acceptors (Lipinski definition) is 3. The van der Waals surface area contributed by atoms with Crippen LogP contribution in [0.25, 0.3) is 0 Å². The molecule has 0 saturated carbocycles. The van der Waals surface area contributed by atoms with Crippen LogP contribution < -0.4 is 16.0 Å². The highest BCUT2D eigenvalue weighted by molar-refractivity contribution is 6.06. The molecule has 3 amide bonds. The molecule has 23 heavy (non-hydrogen) atoms. The lowest BCUT2D eigenvalue weighted by Gasteiger charge is -2.20. The minimum Gasteiger partial charge on any atom is -0.356 e. The highest BCUT2D eigenvalue weighted by Crippen LogP contribution is 2.20. The summed E-state index contributed by atoms with van der Waals surface area (Å²) in [5.74, 6) is 0.624. The molecule has 1 heterocycles. The minimum atomic E-state index is -0.752. The molecule has 7 heteroatoms. The van der Waals surface area contributed by atoms with Crippen molar-refractivity contribution >= 4 is 17.9 Å². The maximum Gasteiger partial charge on any atom is 0.325 e. The van der Waals surface area contributed by atoms with Crippen molar-refractivity contribution in [2.45, 2.75) is 51.1 Å². The second kappa shape index (κ2) is 7.48. The summed E-state index contributed by atoms with van der Waals surface area (Å²) in [6, 6.07) is 0.108. The number of imide groups is 1. The summed E-state index contributed by atoms with van der Waals surface area (Å²) < 4.78 is 0. The number of aliphatic imine (C=N–C) groups is 1. The van der Waals surface area contributed by atoms with Gasteiger partial charge in [-0.15, -0.1) is 0 Å². The van der Waals surface area contributed by atoms with Gasteiger partial charge in [-0.1, -0.05) is 19.1 Å². The molecule has 7 nitrogen and oxygen atoms in total. The van der Waals surface area contributed by atoms with Crippen molar-refractivity contribution in [1.29, 1.82) is 0 Å². The van der Waals surface area contributed by atoms with Gasteiger partial charge in [0.2, 0.25) is 0 Å². The van der Waals surface area contributed by atoms with Crippen LogP contribution in [0.15, 0.2) is 17.1 Å². The summed E-state index contributed by atoms with van der Waals surface area (Å²) in [4.78, 5) is 29.7. The second-order valence-corrected chi connectivity index (χ2v) is 6.21. The van der Waals surface area contributed by atoms with E-state index in [4.69, 9.17) is 0 Å². The molecule has 1 unspecified atom stereocenters. The average Bonchev–Trinajstić information content (AvgIpc) is 3.12. The Morgan fingerprint density at radius 2 is 2.13 bits per heavy atom. The lowest BCUT2D eigenvalue weighted by Crippen LogP contribution is -2.44. The molecule has 0 bridgehead atoms. The Balaban J connectivity index is 1.72. The van der Waals surface area contributed by atoms with Gasteiger partial charge in [0.1, 0.15) is 5.54 Å². The van der Waals surface area contributed by atoms with E-state index in [0.29, 0.717) is 32.0 Å². The Labute approximate surface area is 137 Å². The van der Waals surface area contributed by atoms with Crippen LogP contribution in [-0.2, 0) is 4.79 Å². The molecule has 128 valence electrons. The van der Waals surface area contributed by atoms with Gasteiger partial charge in [-0.25, -0.2) is 4.79 Å². The smallest absolute Gasteiger partial charge is 0.325 e. The average molecular weight is 321 g/mol. The molecule has 0 aromatic rings. The molecule has 2 aliphatic rings. The van der Waals surface area contributed by atoms with Crippen molar-refractivity contribution in [2.75, 3.05) is 20.1 Å². The zero-order chi connectivity index (χ0) is 16.9. The highest BCUT2D eigenvalue weighted by Gasteiger charge is 2.45. The van der Waals surface area contributed by atoms with Gasteiger partial charge in [-0.05, 0) is 32.6 Å². The number of carbonyl (C=O) groups is 2. The molecular formula is C16H27N5O2. The van der Waals surface area contributed by atoms with Crippen molar-refractivity contribution in [1.82, 2.24) is 20.9 Å².